The third-order valence-corrected chi connectivity index (χ3v) is 3.83. The van der Waals surface area contributed by atoms with Crippen LogP contribution in [0, 0.1) is 0 Å². The van der Waals surface area contributed by atoms with Crippen molar-refractivity contribution in [2.75, 3.05) is 32.1 Å². The van der Waals surface area contributed by atoms with E-state index in [1.165, 1.54) is 0 Å². The van der Waals surface area contributed by atoms with E-state index >= 15 is 0 Å². The lowest BCUT2D eigenvalue weighted by Gasteiger charge is -2.16. The lowest BCUT2D eigenvalue weighted by atomic mass is 10.1. The first-order valence-corrected chi connectivity index (χ1v) is 7.52. The van der Waals surface area contributed by atoms with E-state index in [1.807, 2.05) is 23.1 Å². The number of amides is 1. The molecule has 1 aromatic carbocycles. The third-order valence-electron chi connectivity index (χ3n) is 3.61. The van der Waals surface area contributed by atoms with E-state index in [9.17, 15) is 4.79 Å². The molecule has 0 saturated carbocycles. The molecule has 1 aliphatic heterocycles. The summed E-state index contributed by atoms with van der Waals surface area (Å²) >= 11 is 5.04. The van der Waals surface area contributed by atoms with Gasteiger partial charge in [0.05, 0.1) is 7.11 Å². The van der Waals surface area contributed by atoms with Gasteiger partial charge in [0.2, 0.25) is 5.91 Å². The minimum absolute atomic E-state index is 0.194. The summed E-state index contributed by atoms with van der Waals surface area (Å²) in [5.74, 6) is 0.920. The molecular formula is C15H21N3O2S. The van der Waals surface area contributed by atoms with Crippen LogP contribution in [0.3, 0.4) is 0 Å². The van der Waals surface area contributed by atoms with Crippen LogP contribution in [0.4, 0.5) is 5.69 Å². The SMILES string of the molecule is COc1ccc(C(N)=S)c(NCCC(=O)N2CCCC2)c1. The van der Waals surface area contributed by atoms with Crippen molar-refractivity contribution >= 4 is 28.8 Å². The molecule has 114 valence electrons. The number of carbonyl (C=O) groups is 1. The van der Waals surface area contributed by atoms with Crippen LogP contribution in [-0.2, 0) is 4.79 Å². The summed E-state index contributed by atoms with van der Waals surface area (Å²) in [6.07, 6.45) is 2.69. The fourth-order valence-corrected chi connectivity index (χ4v) is 2.62. The molecule has 0 aliphatic carbocycles. The number of likely N-dealkylation sites (tertiary alicyclic amines) is 1. The molecule has 1 amide bonds. The van der Waals surface area contributed by atoms with Gasteiger partial charge in [-0.15, -0.1) is 0 Å². The van der Waals surface area contributed by atoms with Crippen LogP contribution in [0.2, 0.25) is 0 Å². The molecule has 1 aliphatic rings. The number of methoxy groups -OCH3 is 1. The summed E-state index contributed by atoms with van der Waals surface area (Å²) in [7, 11) is 1.61. The zero-order valence-corrected chi connectivity index (χ0v) is 13.0. The Hall–Kier alpha value is -1.82. The van der Waals surface area contributed by atoms with Gasteiger partial charge in [-0.25, -0.2) is 0 Å². The quantitative estimate of drug-likeness (QED) is 0.784. The number of hydrogen-bond acceptors (Lipinski definition) is 4. The van der Waals surface area contributed by atoms with Crippen LogP contribution < -0.4 is 15.8 Å². The summed E-state index contributed by atoms with van der Waals surface area (Å²) in [5.41, 5.74) is 7.28. The molecule has 1 heterocycles. The first-order chi connectivity index (χ1) is 10.1. The Morgan fingerprint density at radius 1 is 1.43 bits per heavy atom. The predicted molar refractivity (Wildman–Crippen MR) is 87.8 cm³/mol. The molecule has 2 rings (SSSR count). The lowest BCUT2D eigenvalue weighted by Crippen LogP contribution is -2.29. The zero-order valence-electron chi connectivity index (χ0n) is 12.2. The highest BCUT2D eigenvalue weighted by Gasteiger charge is 2.17. The van der Waals surface area contributed by atoms with Crippen LogP contribution in [0.15, 0.2) is 18.2 Å². The number of anilines is 1. The van der Waals surface area contributed by atoms with Crippen molar-refractivity contribution in [3.8, 4) is 5.75 Å². The van der Waals surface area contributed by atoms with Crippen molar-refractivity contribution in [2.45, 2.75) is 19.3 Å². The number of nitrogens with two attached hydrogens (primary N) is 1. The Morgan fingerprint density at radius 2 is 2.14 bits per heavy atom. The number of nitrogens with zero attached hydrogens (tertiary/aromatic N) is 1. The number of rotatable bonds is 6. The third kappa shape index (κ3) is 4.07. The number of benzene rings is 1. The maximum atomic E-state index is 12.0. The summed E-state index contributed by atoms with van der Waals surface area (Å²) in [6, 6.07) is 5.48. The summed E-state index contributed by atoms with van der Waals surface area (Å²) < 4.78 is 5.20. The van der Waals surface area contributed by atoms with E-state index in [1.54, 1.807) is 7.11 Å². The van der Waals surface area contributed by atoms with E-state index in [4.69, 9.17) is 22.7 Å². The number of hydrogen-bond donors (Lipinski definition) is 2. The van der Waals surface area contributed by atoms with E-state index in [2.05, 4.69) is 5.32 Å². The number of thiocarbonyl (C=S) groups is 1. The molecule has 5 nitrogen and oxygen atoms in total. The van der Waals surface area contributed by atoms with E-state index in [0.29, 0.717) is 18.0 Å². The average Bonchev–Trinajstić information content (AvgIpc) is 3.01. The molecule has 1 saturated heterocycles. The molecule has 0 bridgehead atoms. The number of ether oxygens (including phenoxy) is 1. The molecule has 0 aromatic heterocycles. The molecule has 21 heavy (non-hydrogen) atoms. The minimum atomic E-state index is 0.194. The van der Waals surface area contributed by atoms with Gasteiger partial charge in [0.1, 0.15) is 10.7 Å². The first kappa shape index (κ1) is 15.6. The van der Waals surface area contributed by atoms with Gasteiger partial charge >= 0.3 is 0 Å². The molecule has 0 unspecified atom stereocenters. The maximum absolute atomic E-state index is 12.0. The van der Waals surface area contributed by atoms with Crippen LogP contribution >= 0.6 is 12.2 Å². The highest BCUT2D eigenvalue weighted by molar-refractivity contribution is 7.80. The largest absolute Gasteiger partial charge is 0.497 e. The highest BCUT2D eigenvalue weighted by atomic mass is 32.1. The standard InChI is InChI=1S/C15H21N3O2S/c1-20-11-4-5-12(15(16)21)13(10-11)17-7-6-14(19)18-8-2-3-9-18/h4-5,10,17H,2-3,6-9H2,1H3,(H2,16,21). The van der Waals surface area contributed by atoms with Gasteiger partial charge in [-0.1, -0.05) is 12.2 Å². The fourth-order valence-electron chi connectivity index (χ4n) is 2.44. The summed E-state index contributed by atoms with van der Waals surface area (Å²) in [4.78, 5) is 14.2. The molecule has 0 radical (unpaired) electrons. The van der Waals surface area contributed by atoms with Crippen LogP contribution in [0.5, 0.6) is 5.75 Å². The minimum Gasteiger partial charge on any atom is -0.497 e. The number of nitrogens with one attached hydrogen (secondary N) is 1. The Morgan fingerprint density at radius 3 is 2.76 bits per heavy atom. The monoisotopic (exact) mass is 307 g/mol. The fraction of sp³-hybridized carbons (Fsp3) is 0.467. The summed E-state index contributed by atoms with van der Waals surface area (Å²) in [6.45, 7) is 2.32. The average molecular weight is 307 g/mol. The van der Waals surface area contributed by atoms with Crippen molar-refractivity contribution < 1.29 is 9.53 Å². The second kappa shape index (κ2) is 7.26. The maximum Gasteiger partial charge on any atom is 0.224 e. The second-order valence-corrected chi connectivity index (χ2v) is 5.48. The lowest BCUT2D eigenvalue weighted by molar-refractivity contribution is -0.129. The molecule has 3 N–H and O–H groups in total. The molecular weight excluding hydrogens is 286 g/mol. The summed E-state index contributed by atoms with van der Waals surface area (Å²) in [5, 5.41) is 3.23. The van der Waals surface area contributed by atoms with Crippen molar-refractivity contribution in [3.05, 3.63) is 23.8 Å². The van der Waals surface area contributed by atoms with Gasteiger partial charge in [-0.05, 0) is 25.0 Å². The van der Waals surface area contributed by atoms with Gasteiger partial charge in [-0.2, -0.15) is 0 Å². The van der Waals surface area contributed by atoms with Crippen LogP contribution in [0.25, 0.3) is 0 Å². The van der Waals surface area contributed by atoms with E-state index < -0.39 is 0 Å². The zero-order chi connectivity index (χ0) is 15.2. The Bertz CT molecular complexity index is 528. The second-order valence-electron chi connectivity index (χ2n) is 5.04. The molecule has 1 aromatic rings. The number of carbonyl (C=O) groups excluding carboxylic acids is 1. The smallest absolute Gasteiger partial charge is 0.224 e. The molecule has 0 spiro atoms. The van der Waals surface area contributed by atoms with Gasteiger partial charge in [0.25, 0.3) is 0 Å². The van der Waals surface area contributed by atoms with Gasteiger partial charge in [-0.3, -0.25) is 4.79 Å². The van der Waals surface area contributed by atoms with Gasteiger partial charge in [0.15, 0.2) is 0 Å². The van der Waals surface area contributed by atoms with Crippen molar-refractivity contribution in [1.29, 1.82) is 0 Å². The topological polar surface area (TPSA) is 67.6 Å². The van der Waals surface area contributed by atoms with E-state index in [0.717, 1.165) is 42.9 Å². The van der Waals surface area contributed by atoms with Crippen molar-refractivity contribution in [2.24, 2.45) is 5.73 Å². The molecule has 0 atom stereocenters. The molecule has 6 heteroatoms. The Labute approximate surface area is 130 Å². The van der Waals surface area contributed by atoms with Gasteiger partial charge in [0, 0.05) is 43.4 Å². The van der Waals surface area contributed by atoms with Gasteiger partial charge < -0.3 is 20.7 Å². The normalized spacial score (nSPS) is 14.0. The van der Waals surface area contributed by atoms with Crippen molar-refractivity contribution in [1.82, 2.24) is 4.90 Å². The predicted octanol–water partition coefficient (Wildman–Crippen LogP) is 1.75. The Kier molecular flexibility index (Phi) is 5.38. The molecule has 1 fully saturated rings. The van der Waals surface area contributed by atoms with E-state index in [-0.39, 0.29) is 5.91 Å². The van der Waals surface area contributed by atoms with Crippen molar-refractivity contribution in [3.63, 3.8) is 0 Å². The van der Waals surface area contributed by atoms with Crippen LogP contribution in [-0.4, -0.2) is 42.5 Å². The first-order valence-electron chi connectivity index (χ1n) is 7.11. The van der Waals surface area contributed by atoms with Crippen LogP contribution in [0.1, 0.15) is 24.8 Å². The Balaban J connectivity index is 1.95. The highest BCUT2D eigenvalue weighted by Crippen LogP contribution is 2.22.